The van der Waals surface area contributed by atoms with Gasteiger partial charge in [-0.1, -0.05) is 17.4 Å². The molecule has 8 heteroatoms. The van der Waals surface area contributed by atoms with Crippen molar-refractivity contribution in [1.82, 2.24) is 14.6 Å². The molecule has 0 aliphatic carbocycles. The second-order valence-electron chi connectivity index (χ2n) is 5.22. The van der Waals surface area contributed by atoms with Crippen molar-refractivity contribution in [2.24, 2.45) is 0 Å². The third-order valence-electron chi connectivity index (χ3n) is 3.59. The number of hydrogen-bond acceptors (Lipinski definition) is 7. The lowest BCUT2D eigenvalue weighted by molar-refractivity contribution is 0.352. The number of nitrogens with one attached hydrogen (secondary N) is 1. The van der Waals surface area contributed by atoms with Crippen LogP contribution in [0.4, 0.5) is 5.13 Å². The minimum atomic E-state index is -0.200. The van der Waals surface area contributed by atoms with Crippen LogP contribution in [0.15, 0.2) is 41.8 Å². The van der Waals surface area contributed by atoms with E-state index in [1.54, 1.807) is 14.2 Å². The summed E-state index contributed by atoms with van der Waals surface area (Å²) in [7, 11) is 3.23. The molecule has 3 rings (SSSR count). The number of methoxy groups -OCH3 is 2. The Labute approximate surface area is 148 Å². The lowest BCUT2D eigenvalue weighted by atomic mass is 10.1. The molecule has 1 N–H and O–H groups in total. The van der Waals surface area contributed by atoms with Crippen molar-refractivity contribution < 1.29 is 9.47 Å². The molecular weight excluding hydrogens is 340 g/mol. The van der Waals surface area contributed by atoms with Gasteiger partial charge in [0.15, 0.2) is 11.5 Å². The van der Waals surface area contributed by atoms with E-state index in [0.29, 0.717) is 34.6 Å². The molecule has 0 atom stereocenters. The van der Waals surface area contributed by atoms with Crippen LogP contribution >= 0.6 is 11.3 Å². The van der Waals surface area contributed by atoms with Gasteiger partial charge in [0.1, 0.15) is 0 Å². The van der Waals surface area contributed by atoms with E-state index >= 15 is 0 Å². The molecule has 7 nitrogen and oxygen atoms in total. The van der Waals surface area contributed by atoms with E-state index in [9.17, 15) is 4.79 Å². The second kappa shape index (κ2) is 7.35. The molecule has 0 fully saturated rings. The molecule has 0 amide bonds. The molecule has 0 saturated heterocycles. The maximum atomic E-state index is 11.7. The lowest BCUT2D eigenvalue weighted by Gasteiger charge is -2.14. The van der Waals surface area contributed by atoms with Crippen LogP contribution in [-0.2, 0) is 13.0 Å². The normalized spacial score (nSPS) is 10.6. The van der Waals surface area contributed by atoms with E-state index in [0.717, 1.165) is 11.1 Å². The zero-order valence-corrected chi connectivity index (χ0v) is 14.8. The van der Waals surface area contributed by atoms with Gasteiger partial charge in [-0.05, 0) is 24.1 Å². The number of hydrogen-bond donors (Lipinski definition) is 1. The molecule has 0 aliphatic heterocycles. The van der Waals surface area contributed by atoms with Crippen LogP contribution < -0.4 is 20.3 Å². The van der Waals surface area contributed by atoms with Gasteiger partial charge in [0.05, 0.1) is 14.2 Å². The Balaban J connectivity index is 1.86. The van der Waals surface area contributed by atoms with E-state index in [-0.39, 0.29) is 5.56 Å². The number of benzene rings is 1. The number of ether oxygens (including phenoxy) is 2. The van der Waals surface area contributed by atoms with Gasteiger partial charge in [0.2, 0.25) is 10.1 Å². The highest BCUT2D eigenvalue weighted by Gasteiger charge is 2.12. The molecular formula is C17H18N4O3S. The molecule has 0 spiro atoms. The summed E-state index contributed by atoms with van der Waals surface area (Å²) in [4.78, 5) is 16.4. The Hall–Kier alpha value is -2.87. The smallest absolute Gasteiger partial charge is 0.275 e. The Kier molecular flexibility index (Phi) is 4.99. The Bertz CT molecular complexity index is 964. The summed E-state index contributed by atoms with van der Waals surface area (Å²) in [6.45, 7) is 4.31. The molecule has 0 unspecified atom stereocenters. The number of fused-ring (bicyclic) bond motifs is 1. The van der Waals surface area contributed by atoms with Crippen molar-refractivity contribution in [2.75, 3.05) is 19.5 Å². The fraction of sp³-hybridized carbons (Fsp3) is 0.235. The van der Waals surface area contributed by atoms with Gasteiger partial charge in [-0.2, -0.15) is 4.52 Å². The van der Waals surface area contributed by atoms with Crippen LogP contribution in [0, 0.1) is 0 Å². The molecule has 2 aromatic heterocycles. The summed E-state index contributed by atoms with van der Waals surface area (Å²) in [6.07, 6.45) is 3.98. The Morgan fingerprint density at radius 3 is 2.88 bits per heavy atom. The molecule has 0 aliphatic rings. The SMILES string of the molecule is C=CCc1cc(CNc2nn3c(=O)ccnc3s2)cc(OC)c1OC. The monoisotopic (exact) mass is 358 g/mol. The Morgan fingerprint density at radius 1 is 1.36 bits per heavy atom. The summed E-state index contributed by atoms with van der Waals surface area (Å²) < 4.78 is 12.1. The number of allylic oxidation sites excluding steroid dienone is 1. The van der Waals surface area contributed by atoms with Crippen molar-refractivity contribution in [3.05, 3.63) is 58.5 Å². The van der Waals surface area contributed by atoms with E-state index in [1.807, 2.05) is 18.2 Å². The number of aromatic nitrogens is 3. The van der Waals surface area contributed by atoms with Crippen LogP contribution in [0.2, 0.25) is 0 Å². The standard InChI is InChI=1S/C17H18N4O3S/c1-4-5-12-8-11(9-13(23-2)15(12)24-3)10-19-16-20-21-14(22)6-7-18-17(21)25-16/h4,6-9H,1,5,10H2,2-3H3,(H,19,20). The van der Waals surface area contributed by atoms with Crippen molar-refractivity contribution in [2.45, 2.75) is 13.0 Å². The minimum Gasteiger partial charge on any atom is -0.493 e. The van der Waals surface area contributed by atoms with Crippen molar-refractivity contribution in [3.8, 4) is 11.5 Å². The molecule has 3 aromatic rings. The highest BCUT2D eigenvalue weighted by Crippen LogP contribution is 2.33. The van der Waals surface area contributed by atoms with Gasteiger partial charge in [-0.3, -0.25) is 4.79 Å². The predicted octanol–water partition coefficient (Wildman–Crippen LogP) is 2.51. The highest BCUT2D eigenvalue weighted by atomic mass is 32.1. The predicted molar refractivity (Wildman–Crippen MR) is 97.9 cm³/mol. The van der Waals surface area contributed by atoms with Gasteiger partial charge in [0, 0.05) is 24.4 Å². The Morgan fingerprint density at radius 2 is 2.20 bits per heavy atom. The molecule has 1 aromatic carbocycles. The second-order valence-corrected chi connectivity index (χ2v) is 6.18. The van der Waals surface area contributed by atoms with Gasteiger partial charge in [0.25, 0.3) is 5.56 Å². The molecule has 0 radical (unpaired) electrons. The lowest BCUT2D eigenvalue weighted by Crippen LogP contribution is -2.12. The first-order valence-electron chi connectivity index (χ1n) is 7.59. The topological polar surface area (TPSA) is 77.8 Å². The van der Waals surface area contributed by atoms with Crippen LogP contribution in [0.25, 0.3) is 4.96 Å². The molecule has 2 heterocycles. The average molecular weight is 358 g/mol. The maximum absolute atomic E-state index is 11.7. The summed E-state index contributed by atoms with van der Waals surface area (Å²) in [6, 6.07) is 5.33. The maximum Gasteiger partial charge on any atom is 0.275 e. The van der Waals surface area contributed by atoms with Gasteiger partial charge >= 0.3 is 0 Å². The van der Waals surface area contributed by atoms with Crippen molar-refractivity contribution in [3.63, 3.8) is 0 Å². The molecule has 0 saturated carbocycles. The number of anilines is 1. The fourth-order valence-electron chi connectivity index (χ4n) is 2.51. The fourth-order valence-corrected chi connectivity index (χ4v) is 3.28. The van der Waals surface area contributed by atoms with Gasteiger partial charge < -0.3 is 14.8 Å². The molecule has 0 bridgehead atoms. The van der Waals surface area contributed by atoms with E-state index in [2.05, 4.69) is 22.0 Å². The first kappa shape index (κ1) is 17.0. The molecule has 130 valence electrons. The van der Waals surface area contributed by atoms with Gasteiger partial charge in [-0.25, -0.2) is 4.98 Å². The van der Waals surface area contributed by atoms with E-state index in [1.165, 1.54) is 28.1 Å². The van der Waals surface area contributed by atoms with Gasteiger partial charge in [-0.15, -0.1) is 11.7 Å². The summed E-state index contributed by atoms with van der Waals surface area (Å²) in [5.74, 6) is 1.38. The first-order valence-corrected chi connectivity index (χ1v) is 8.41. The van der Waals surface area contributed by atoms with Crippen molar-refractivity contribution >= 4 is 21.4 Å². The summed E-state index contributed by atoms with van der Waals surface area (Å²) >= 11 is 1.32. The quantitative estimate of drug-likeness (QED) is 0.654. The van der Waals surface area contributed by atoms with Crippen LogP contribution in [0.1, 0.15) is 11.1 Å². The van der Waals surface area contributed by atoms with E-state index < -0.39 is 0 Å². The summed E-state index contributed by atoms with van der Waals surface area (Å²) in [5.41, 5.74) is 1.80. The molecule has 25 heavy (non-hydrogen) atoms. The summed E-state index contributed by atoms with van der Waals surface area (Å²) in [5, 5.41) is 8.08. The third-order valence-corrected chi connectivity index (χ3v) is 4.47. The number of rotatable bonds is 7. The average Bonchev–Trinajstić information content (AvgIpc) is 3.04. The third kappa shape index (κ3) is 3.48. The van der Waals surface area contributed by atoms with Crippen LogP contribution in [0.5, 0.6) is 11.5 Å². The largest absolute Gasteiger partial charge is 0.493 e. The minimum absolute atomic E-state index is 0.200. The van der Waals surface area contributed by atoms with Crippen LogP contribution in [-0.4, -0.2) is 28.8 Å². The first-order chi connectivity index (χ1) is 12.2. The van der Waals surface area contributed by atoms with Crippen molar-refractivity contribution in [1.29, 1.82) is 0 Å². The number of nitrogens with zero attached hydrogens (tertiary/aromatic N) is 3. The zero-order valence-electron chi connectivity index (χ0n) is 14.0. The zero-order chi connectivity index (χ0) is 17.8. The van der Waals surface area contributed by atoms with Crippen LogP contribution in [0.3, 0.4) is 0 Å². The highest BCUT2D eigenvalue weighted by molar-refractivity contribution is 7.20. The van der Waals surface area contributed by atoms with E-state index in [4.69, 9.17) is 9.47 Å².